The van der Waals surface area contributed by atoms with Gasteiger partial charge in [0.15, 0.2) is 0 Å². The van der Waals surface area contributed by atoms with E-state index in [0.717, 1.165) is 18.3 Å². The maximum atomic E-state index is 3.95. The molecule has 0 aromatic carbocycles. The first-order valence-electron chi connectivity index (χ1n) is 6.16. The Morgan fingerprint density at radius 3 is 2.00 bits per heavy atom. The molecular formula is C13H25. The molecule has 0 saturated heterocycles. The van der Waals surface area contributed by atoms with Crippen molar-refractivity contribution in [2.75, 3.05) is 0 Å². The quantitative estimate of drug-likeness (QED) is 0.581. The van der Waals surface area contributed by atoms with E-state index in [0.29, 0.717) is 0 Å². The van der Waals surface area contributed by atoms with E-state index in [1.165, 1.54) is 51.4 Å². The molecule has 0 aromatic rings. The zero-order valence-corrected chi connectivity index (χ0v) is 9.23. The molecule has 0 heterocycles. The SMILES string of the molecule is [CH2]CCC1CCC(CCCC)CC1. The minimum atomic E-state index is 1.02. The van der Waals surface area contributed by atoms with Gasteiger partial charge in [-0.2, -0.15) is 0 Å². The zero-order chi connectivity index (χ0) is 9.52. The van der Waals surface area contributed by atoms with Crippen molar-refractivity contribution in [2.24, 2.45) is 11.8 Å². The Balaban J connectivity index is 2.08. The van der Waals surface area contributed by atoms with Crippen LogP contribution in [-0.4, -0.2) is 0 Å². The van der Waals surface area contributed by atoms with Crippen LogP contribution in [0.15, 0.2) is 0 Å². The molecule has 0 bridgehead atoms. The lowest BCUT2D eigenvalue weighted by Crippen LogP contribution is -2.14. The molecule has 1 saturated carbocycles. The van der Waals surface area contributed by atoms with Crippen molar-refractivity contribution in [1.29, 1.82) is 0 Å². The van der Waals surface area contributed by atoms with E-state index in [4.69, 9.17) is 0 Å². The lowest BCUT2D eigenvalue weighted by Gasteiger charge is -2.28. The molecule has 0 amide bonds. The second-order valence-corrected chi connectivity index (χ2v) is 4.67. The predicted octanol–water partition coefficient (Wildman–Crippen LogP) is 4.60. The molecule has 0 aliphatic heterocycles. The lowest BCUT2D eigenvalue weighted by atomic mass is 9.78. The van der Waals surface area contributed by atoms with Crippen LogP contribution in [0.1, 0.15) is 64.7 Å². The van der Waals surface area contributed by atoms with Crippen molar-refractivity contribution < 1.29 is 0 Å². The van der Waals surface area contributed by atoms with Crippen LogP contribution in [-0.2, 0) is 0 Å². The summed E-state index contributed by atoms with van der Waals surface area (Å²) in [6.07, 6.45) is 12.8. The summed E-state index contributed by atoms with van der Waals surface area (Å²) in [6, 6.07) is 0. The van der Waals surface area contributed by atoms with E-state index in [1.807, 2.05) is 0 Å². The Morgan fingerprint density at radius 1 is 1.00 bits per heavy atom. The van der Waals surface area contributed by atoms with Gasteiger partial charge in [-0.05, 0) is 11.8 Å². The lowest BCUT2D eigenvalue weighted by molar-refractivity contribution is 0.250. The molecule has 0 spiro atoms. The molecule has 1 radical (unpaired) electrons. The van der Waals surface area contributed by atoms with Gasteiger partial charge in [0.1, 0.15) is 0 Å². The Labute approximate surface area is 84.1 Å². The standard InChI is InChI=1S/C13H25/c1-3-5-7-13-10-8-12(6-4-2)9-11-13/h12-13H,2-11H2,1H3. The van der Waals surface area contributed by atoms with Gasteiger partial charge in [0.2, 0.25) is 0 Å². The Kier molecular flexibility index (Phi) is 5.50. The maximum Gasteiger partial charge on any atom is -0.0414 e. The Bertz CT molecular complexity index is 109. The summed E-state index contributed by atoms with van der Waals surface area (Å²) in [6.45, 7) is 6.25. The number of unbranched alkanes of at least 4 members (excludes halogenated alkanes) is 1. The highest BCUT2D eigenvalue weighted by atomic mass is 14.2. The minimum absolute atomic E-state index is 1.02. The van der Waals surface area contributed by atoms with Crippen LogP contribution in [0, 0.1) is 18.8 Å². The number of rotatable bonds is 5. The predicted molar refractivity (Wildman–Crippen MR) is 59.6 cm³/mol. The van der Waals surface area contributed by atoms with Gasteiger partial charge in [-0.3, -0.25) is 0 Å². The first kappa shape index (κ1) is 11.1. The second kappa shape index (κ2) is 6.45. The molecule has 13 heavy (non-hydrogen) atoms. The van der Waals surface area contributed by atoms with Crippen molar-refractivity contribution in [1.82, 2.24) is 0 Å². The van der Waals surface area contributed by atoms with Crippen molar-refractivity contribution in [3.63, 3.8) is 0 Å². The highest BCUT2D eigenvalue weighted by molar-refractivity contribution is 4.72. The van der Waals surface area contributed by atoms with Gasteiger partial charge >= 0.3 is 0 Å². The molecule has 0 heteroatoms. The van der Waals surface area contributed by atoms with Crippen LogP contribution in [0.3, 0.4) is 0 Å². The summed E-state index contributed by atoms with van der Waals surface area (Å²) in [5.74, 6) is 2.09. The fourth-order valence-corrected chi connectivity index (χ4v) is 2.59. The number of hydrogen-bond donors (Lipinski definition) is 0. The monoisotopic (exact) mass is 181 g/mol. The first-order chi connectivity index (χ1) is 6.36. The molecular weight excluding hydrogens is 156 g/mol. The van der Waals surface area contributed by atoms with Gasteiger partial charge in [0.05, 0.1) is 0 Å². The van der Waals surface area contributed by atoms with E-state index >= 15 is 0 Å². The van der Waals surface area contributed by atoms with E-state index in [-0.39, 0.29) is 0 Å². The van der Waals surface area contributed by atoms with Crippen LogP contribution >= 0.6 is 0 Å². The highest BCUT2D eigenvalue weighted by Gasteiger charge is 2.19. The van der Waals surface area contributed by atoms with Gasteiger partial charge in [0, 0.05) is 0 Å². The topological polar surface area (TPSA) is 0 Å². The summed E-state index contributed by atoms with van der Waals surface area (Å²) in [5.41, 5.74) is 0. The smallest absolute Gasteiger partial charge is 0.0414 e. The Hall–Kier alpha value is 0. The van der Waals surface area contributed by atoms with Crippen LogP contribution in [0.4, 0.5) is 0 Å². The largest absolute Gasteiger partial charge is 0.0654 e. The van der Waals surface area contributed by atoms with Gasteiger partial charge < -0.3 is 0 Å². The fraction of sp³-hybridized carbons (Fsp3) is 0.923. The molecule has 0 aromatic heterocycles. The van der Waals surface area contributed by atoms with E-state index in [9.17, 15) is 0 Å². The second-order valence-electron chi connectivity index (χ2n) is 4.67. The molecule has 77 valence electrons. The Morgan fingerprint density at radius 2 is 1.54 bits per heavy atom. The van der Waals surface area contributed by atoms with Gasteiger partial charge in [0.25, 0.3) is 0 Å². The van der Waals surface area contributed by atoms with Crippen LogP contribution in [0.2, 0.25) is 0 Å². The number of hydrogen-bond acceptors (Lipinski definition) is 0. The summed E-state index contributed by atoms with van der Waals surface area (Å²) in [5, 5.41) is 0. The van der Waals surface area contributed by atoms with Crippen molar-refractivity contribution >= 4 is 0 Å². The molecule has 0 unspecified atom stereocenters. The summed E-state index contributed by atoms with van der Waals surface area (Å²) in [7, 11) is 0. The average Bonchev–Trinajstić information content (AvgIpc) is 2.17. The zero-order valence-electron chi connectivity index (χ0n) is 9.23. The summed E-state index contributed by atoms with van der Waals surface area (Å²) in [4.78, 5) is 0. The average molecular weight is 181 g/mol. The summed E-state index contributed by atoms with van der Waals surface area (Å²) >= 11 is 0. The van der Waals surface area contributed by atoms with Crippen molar-refractivity contribution in [3.05, 3.63) is 6.92 Å². The summed E-state index contributed by atoms with van der Waals surface area (Å²) < 4.78 is 0. The molecule has 0 nitrogen and oxygen atoms in total. The third kappa shape index (κ3) is 4.15. The van der Waals surface area contributed by atoms with Crippen LogP contribution < -0.4 is 0 Å². The third-order valence-corrected chi connectivity index (χ3v) is 3.54. The van der Waals surface area contributed by atoms with Gasteiger partial charge in [-0.15, -0.1) is 0 Å². The minimum Gasteiger partial charge on any atom is -0.0654 e. The van der Waals surface area contributed by atoms with Gasteiger partial charge in [-0.1, -0.05) is 71.6 Å². The van der Waals surface area contributed by atoms with Crippen molar-refractivity contribution in [2.45, 2.75) is 64.7 Å². The van der Waals surface area contributed by atoms with Crippen molar-refractivity contribution in [3.8, 4) is 0 Å². The highest BCUT2D eigenvalue weighted by Crippen LogP contribution is 2.33. The van der Waals surface area contributed by atoms with E-state index < -0.39 is 0 Å². The molecule has 0 N–H and O–H groups in total. The van der Waals surface area contributed by atoms with E-state index in [1.54, 1.807) is 0 Å². The molecule has 1 fully saturated rings. The fourth-order valence-electron chi connectivity index (χ4n) is 2.59. The molecule has 1 rings (SSSR count). The van der Waals surface area contributed by atoms with Crippen LogP contribution in [0.5, 0.6) is 0 Å². The first-order valence-corrected chi connectivity index (χ1v) is 6.16. The van der Waals surface area contributed by atoms with Crippen LogP contribution in [0.25, 0.3) is 0 Å². The molecule has 1 aliphatic carbocycles. The van der Waals surface area contributed by atoms with Gasteiger partial charge in [-0.25, -0.2) is 0 Å². The maximum absolute atomic E-state index is 3.95. The third-order valence-electron chi connectivity index (χ3n) is 3.54. The normalized spacial score (nSPS) is 29.1. The molecule has 1 aliphatic rings. The van der Waals surface area contributed by atoms with E-state index in [2.05, 4.69) is 13.8 Å². The molecule has 0 atom stereocenters.